The minimum atomic E-state index is -1.25. The molecule has 15 heavy (non-hydrogen) atoms. The molecule has 3 heteroatoms. The highest BCUT2D eigenvalue weighted by Crippen LogP contribution is 2.17. The second kappa shape index (κ2) is 7.42. The molecule has 0 aromatic carbocycles. The summed E-state index contributed by atoms with van der Waals surface area (Å²) in [6.45, 7) is 8.84. The van der Waals surface area contributed by atoms with Crippen molar-refractivity contribution in [2.45, 2.75) is 76.9 Å². The van der Waals surface area contributed by atoms with Gasteiger partial charge in [0.05, 0.1) is 12.2 Å². The van der Waals surface area contributed by atoms with E-state index in [1.165, 1.54) is 19.3 Å². The number of aliphatic hydroxyl groups excluding tert-OH is 2. The van der Waals surface area contributed by atoms with Crippen LogP contribution in [0.15, 0.2) is 0 Å². The molecule has 2 atom stereocenters. The average molecular weight is 232 g/mol. The fourth-order valence-electron chi connectivity index (χ4n) is 1.74. The zero-order valence-electron chi connectivity index (χ0n) is 10.8. The molecule has 0 aromatic heterocycles. The first-order valence-corrected chi connectivity index (χ1v) is 9.93. The number of unbranched alkanes of at least 4 members (excludes halogenated alkanes) is 3. The third-order valence-corrected chi connectivity index (χ3v) is 4.26. The van der Waals surface area contributed by atoms with Crippen molar-refractivity contribution < 1.29 is 10.2 Å². The smallest absolute Gasteiger partial charge is 0.0796 e. The highest BCUT2D eigenvalue weighted by atomic mass is 28.3. The van der Waals surface area contributed by atoms with Crippen LogP contribution in [0.1, 0.15) is 39.0 Å². The quantitative estimate of drug-likeness (QED) is 0.499. The van der Waals surface area contributed by atoms with E-state index in [0.717, 1.165) is 18.9 Å². The number of hydrogen-bond acceptors (Lipinski definition) is 2. The Morgan fingerprint density at radius 1 is 0.933 bits per heavy atom. The van der Waals surface area contributed by atoms with E-state index >= 15 is 0 Å². The first kappa shape index (κ1) is 15.1. The summed E-state index contributed by atoms with van der Waals surface area (Å²) in [7, 11) is -1.25. The van der Waals surface area contributed by atoms with E-state index in [2.05, 4.69) is 26.6 Å². The van der Waals surface area contributed by atoms with Crippen LogP contribution in [0.25, 0.3) is 0 Å². The molecule has 0 saturated heterocycles. The van der Waals surface area contributed by atoms with Crippen molar-refractivity contribution in [1.29, 1.82) is 0 Å². The van der Waals surface area contributed by atoms with E-state index < -0.39 is 20.3 Å². The van der Waals surface area contributed by atoms with Gasteiger partial charge < -0.3 is 10.2 Å². The van der Waals surface area contributed by atoms with Gasteiger partial charge in [0.15, 0.2) is 0 Å². The number of rotatable bonds is 8. The van der Waals surface area contributed by atoms with Gasteiger partial charge in [-0.1, -0.05) is 52.2 Å². The van der Waals surface area contributed by atoms with Crippen LogP contribution in [-0.2, 0) is 0 Å². The third-order valence-electron chi connectivity index (χ3n) is 2.62. The molecular formula is C12H28O2Si. The Hall–Kier alpha value is 0.137. The molecule has 2 N–H and O–H groups in total. The van der Waals surface area contributed by atoms with Crippen LogP contribution in [0.4, 0.5) is 0 Å². The van der Waals surface area contributed by atoms with Gasteiger partial charge in [0.1, 0.15) is 0 Å². The summed E-state index contributed by atoms with van der Waals surface area (Å²) in [6, 6.07) is 0.807. The minimum absolute atomic E-state index is 0.502. The lowest BCUT2D eigenvalue weighted by atomic mass is 10.1. The van der Waals surface area contributed by atoms with E-state index in [0.29, 0.717) is 0 Å². The largest absolute Gasteiger partial charge is 0.391 e. The fourth-order valence-corrected chi connectivity index (χ4v) is 3.26. The highest BCUT2D eigenvalue weighted by Gasteiger charge is 2.23. The summed E-state index contributed by atoms with van der Waals surface area (Å²) in [5.41, 5.74) is 0. The summed E-state index contributed by atoms with van der Waals surface area (Å²) >= 11 is 0. The average Bonchev–Trinajstić information content (AvgIpc) is 2.09. The van der Waals surface area contributed by atoms with Crippen molar-refractivity contribution in [3.8, 4) is 0 Å². The minimum Gasteiger partial charge on any atom is -0.391 e. The van der Waals surface area contributed by atoms with Gasteiger partial charge >= 0.3 is 0 Å². The Morgan fingerprint density at radius 3 is 2.00 bits per heavy atom. The molecule has 0 saturated carbocycles. The lowest BCUT2D eigenvalue weighted by molar-refractivity contribution is 0.0239. The number of hydrogen-bond donors (Lipinski definition) is 2. The first-order chi connectivity index (χ1) is 6.87. The molecule has 0 fully saturated rings. The topological polar surface area (TPSA) is 40.5 Å². The van der Waals surface area contributed by atoms with Crippen molar-refractivity contribution >= 4 is 8.07 Å². The van der Waals surface area contributed by atoms with Crippen molar-refractivity contribution in [1.82, 2.24) is 0 Å². The summed E-state index contributed by atoms with van der Waals surface area (Å²) in [6.07, 6.45) is 4.41. The van der Waals surface area contributed by atoms with Crippen LogP contribution in [0, 0.1) is 0 Å². The lowest BCUT2D eigenvalue weighted by Crippen LogP contribution is -2.34. The Labute approximate surface area is 95.7 Å². The molecule has 0 bridgehead atoms. The molecule has 0 aliphatic rings. The first-order valence-electron chi connectivity index (χ1n) is 6.23. The third kappa shape index (κ3) is 9.09. The van der Waals surface area contributed by atoms with Crippen LogP contribution >= 0.6 is 0 Å². The monoisotopic (exact) mass is 232 g/mol. The van der Waals surface area contributed by atoms with E-state index in [-0.39, 0.29) is 0 Å². The fraction of sp³-hybridized carbons (Fsp3) is 1.00. The maximum Gasteiger partial charge on any atom is 0.0796 e. The van der Waals surface area contributed by atoms with Gasteiger partial charge in [-0.3, -0.25) is 0 Å². The Balaban J connectivity index is 3.65. The summed E-state index contributed by atoms with van der Waals surface area (Å²) in [5.74, 6) is 0. The van der Waals surface area contributed by atoms with Gasteiger partial charge in [0, 0.05) is 8.07 Å². The molecule has 0 aromatic rings. The second-order valence-corrected chi connectivity index (χ2v) is 11.3. The van der Waals surface area contributed by atoms with Crippen molar-refractivity contribution in [3.05, 3.63) is 0 Å². The van der Waals surface area contributed by atoms with Gasteiger partial charge in [-0.2, -0.15) is 0 Å². The van der Waals surface area contributed by atoms with E-state index in [1.54, 1.807) is 0 Å². The van der Waals surface area contributed by atoms with E-state index in [4.69, 9.17) is 0 Å². The van der Waals surface area contributed by atoms with Crippen LogP contribution in [0.2, 0.25) is 25.7 Å². The van der Waals surface area contributed by atoms with E-state index in [1.807, 2.05) is 0 Å². The second-order valence-electron chi connectivity index (χ2n) is 5.75. The lowest BCUT2D eigenvalue weighted by Gasteiger charge is -2.24. The molecule has 0 spiro atoms. The van der Waals surface area contributed by atoms with Crippen LogP contribution < -0.4 is 0 Å². The Kier molecular flexibility index (Phi) is 7.48. The molecule has 0 heterocycles. The predicted molar refractivity (Wildman–Crippen MR) is 68.9 cm³/mol. The van der Waals surface area contributed by atoms with Gasteiger partial charge in [-0.15, -0.1) is 0 Å². The van der Waals surface area contributed by atoms with Gasteiger partial charge in [-0.25, -0.2) is 0 Å². The van der Waals surface area contributed by atoms with Crippen LogP contribution in [-0.4, -0.2) is 30.5 Å². The molecule has 0 radical (unpaired) electrons. The highest BCUT2D eigenvalue weighted by molar-refractivity contribution is 6.76. The summed E-state index contributed by atoms with van der Waals surface area (Å²) in [4.78, 5) is 0. The molecule has 0 aliphatic carbocycles. The van der Waals surface area contributed by atoms with Crippen LogP contribution in [0.5, 0.6) is 0 Å². The maximum absolute atomic E-state index is 9.79. The van der Waals surface area contributed by atoms with Gasteiger partial charge in [-0.05, 0) is 12.5 Å². The molecule has 92 valence electrons. The molecule has 0 aliphatic heterocycles. The van der Waals surface area contributed by atoms with Crippen molar-refractivity contribution in [2.24, 2.45) is 0 Å². The predicted octanol–water partition coefficient (Wildman–Crippen LogP) is 3.02. The number of aliphatic hydroxyl groups is 2. The van der Waals surface area contributed by atoms with Crippen LogP contribution in [0.3, 0.4) is 0 Å². The normalized spacial score (nSPS) is 16.4. The molecule has 2 nitrogen and oxygen atoms in total. The zero-order chi connectivity index (χ0) is 11.9. The Bertz CT molecular complexity index is 154. The molecule has 0 rings (SSSR count). The summed E-state index contributed by atoms with van der Waals surface area (Å²) < 4.78 is 0. The van der Waals surface area contributed by atoms with Gasteiger partial charge in [0.25, 0.3) is 0 Å². The standard InChI is InChI=1S/C12H28O2Si/c1-5-6-7-8-9-11(13)12(14)10-15(2,3)4/h11-14H,5-10H2,1-4H3/t11-,12+/m0/s1. The van der Waals surface area contributed by atoms with Gasteiger partial charge in [0.2, 0.25) is 0 Å². The van der Waals surface area contributed by atoms with E-state index in [9.17, 15) is 10.2 Å². The zero-order valence-corrected chi connectivity index (χ0v) is 11.8. The van der Waals surface area contributed by atoms with Crippen molar-refractivity contribution in [3.63, 3.8) is 0 Å². The SMILES string of the molecule is CCCCCC[C@H](O)[C@H](O)C[Si](C)(C)C. The summed E-state index contributed by atoms with van der Waals surface area (Å²) in [5, 5.41) is 19.5. The van der Waals surface area contributed by atoms with Crippen molar-refractivity contribution in [2.75, 3.05) is 0 Å². The molecule has 0 unspecified atom stereocenters. The Morgan fingerprint density at radius 2 is 1.53 bits per heavy atom. The molecular weight excluding hydrogens is 204 g/mol. The maximum atomic E-state index is 9.79. The molecule has 0 amide bonds.